The lowest BCUT2D eigenvalue weighted by molar-refractivity contribution is -0.123. The van der Waals surface area contributed by atoms with E-state index in [2.05, 4.69) is 10.6 Å². The summed E-state index contributed by atoms with van der Waals surface area (Å²) >= 11 is 0. The van der Waals surface area contributed by atoms with E-state index in [0.29, 0.717) is 0 Å². The first-order chi connectivity index (χ1) is 8.54. The Labute approximate surface area is 105 Å². The molecule has 1 rings (SSSR count). The summed E-state index contributed by atoms with van der Waals surface area (Å²) in [5.41, 5.74) is 5.72. The lowest BCUT2D eigenvalue weighted by atomic mass is 10.1. The van der Waals surface area contributed by atoms with Crippen LogP contribution in [0.2, 0.25) is 0 Å². The molecule has 6 heteroatoms. The van der Waals surface area contributed by atoms with Crippen LogP contribution >= 0.6 is 0 Å². The summed E-state index contributed by atoms with van der Waals surface area (Å²) in [5, 5.41) is 14.2. The topological polar surface area (TPSA) is 104 Å². The van der Waals surface area contributed by atoms with Crippen LogP contribution < -0.4 is 16.4 Å². The van der Waals surface area contributed by atoms with Gasteiger partial charge in [0.05, 0.1) is 12.6 Å². The number of primary amides is 1. The minimum atomic E-state index is -0.766. The molecule has 0 aliphatic rings. The van der Waals surface area contributed by atoms with Gasteiger partial charge in [0.15, 0.2) is 0 Å². The van der Waals surface area contributed by atoms with Gasteiger partial charge in [0.1, 0.15) is 6.04 Å². The molecule has 1 aromatic rings. The van der Waals surface area contributed by atoms with Gasteiger partial charge >= 0.3 is 6.03 Å². The molecule has 0 saturated heterocycles. The van der Waals surface area contributed by atoms with Crippen LogP contribution in [0.5, 0.6) is 0 Å². The minimum absolute atomic E-state index is 0.223. The molecule has 0 aliphatic heterocycles. The van der Waals surface area contributed by atoms with Gasteiger partial charge < -0.3 is 21.5 Å². The number of urea groups is 1. The van der Waals surface area contributed by atoms with Crippen molar-refractivity contribution in [1.82, 2.24) is 10.6 Å². The van der Waals surface area contributed by atoms with E-state index >= 15 is 0 Å². The first-order valence-corrected chi connectivity index (χ1v) is 5.56. The molecule has 0 bridgehead atoms. The molecule has 0 saturated carbocycles. The number of carbonyl (C=O) groups is 2. The van der Waals surface area contributed by atoms with Crippen molar-refractivity contribution in [1.29, 1.82) is 0 Å². The van der Waals surface area contributed by atoms with Crippen molar-refractivity contribution in [2.45, 2.75) is 19.0 Å². The first-order valence-electron chi connectivity index (χ1n) is 5.56. The Hall–Kier alpha value is -2.08. The zero-order valence-corrected chi connectivity index (χ0v) is 10.1. The highest BCUT2D eigenvalue weighted by atomic mass is 16.3. The fourth-order valence-corrected chi connectivity index (χ4v) is 1.50. The Morgan fingerprint density at radius 1 is 1.28 bits per heavy atom. The molecule has 6 nitrogen and oxygen atoms in total. The Morgan fingerprint density at radius 2 is 1.89 bits per heavy atom. The number of nitrogens with two attached hydrogens (primary N) is 1. The Kier molecular flexibility index (Phi) is 5.13. The summed E-state index contributed by atoms with van der Waals surface area (Å²) in [6.07, 6.45) is 0. The van der Waals surface area contributed by atoms with Crippen LogP contribution in [0.1, 0.15) is 18.5 Å². The van der Waals surface area contributed by atoms with Crippen molar-refractivity contribution in [3.05, 3.63) is 35.9 Å². The van der Waals surface area contributed by atoms with Crippen molar-refractivity contribution >= 4 is 11.9 Å². The zero-order valence-electron chi connectivity index (χ0n) is 10.1. The quantitative estimate of drug-likeness (QED) is 0.587. The van der Waals surface area contributed by atoms with Gasteiger partial charge in [-0.2, -0.15) is 0 Å². The number of aliphatic hydroxyl groups excluding tert-OH is 1. The molecule has 98 valence electrons. The summed E-state index contributed by atoms with van der Waals surface area (Å²) < 4.78 is 0. The highest BCUT2D eigenvalue weighted by molar-refractivity contribution is 5.86. The average Bonchev–Trinajstić information content (AvgIpc) is 2.35. The first kappa shape index (κ1) is 14.0. The van der Waals surface area contributed by atoms with E-state index in [9.17, 15) is 14.7 Å². The predicted octanol–water partition coefficient (Wildman–Crippen LogP) is -0.107. The van der Waals surface area contributed by atoms with Gasteiger partial charge in [0, 0.05) is 0 Å². The van der Waals surface area contributed by atoms with E-state index < -0.39 is 24.0 Å². The summed E-state index contributed by atoms with van der Waals surface area (Å²) in [7, 11) is 0. The maximum Gasteiger partial charge on any atom is 0.312 e. The fraction of sp³-hybridized carbons (Fsp3) is 0.333. The lowest BCUT2D eigenvalue weighted by Crippen LogP contribution is -2.48. The molecule has 1 unspecified atom stereocenters. The number of nitrogens with one attached hydrogen (secondary N) is 2. The highest BCUT2D eigenvalue weighted by Crippen LogP contribution is 2.11. The number of hydrogen-bond acceptors (Lipinski definition) is 3. The van der Waals surface area contributed by atoms with Crippen LogP contribution in [0, 0.1) is 0 Å². The third-order valence-corrected chi connectivity index (χ3v) is 2.45. The van der Waals surface area contributed by atoms with Gasteiger partial charge in [0.25, 0.3) is 0 Å². The molecule has 0 fully saturated rings. The summed E-state index contributed by atoms with van der Waals surface area (Å²) in [6.45, 7) is 1.29. The summed E-state index contributed by atoms with van der Waals surface area (Å²) in [5.74, 6) is -0.406. The van der Waals surface area contributed by atoms with Crippen molar-refractivity contribution < 1.29 is 14.7 Å². The van der Waals surface area contributed by atoms with Crippen LogP contribution in [0.15, 0.2) is 30.3 Å². The number of hydrogen-bond donors (Lipinski definition) is 4. The number of aliphatic hydroxyl groups is 1. The number of carbonyl (C=O) groups excluding carboxylic acids is 2. The van der Waals surface area contributed by atoms with Crippen molar-refractivity contribution in [3.63, 3.8) is 0 Å². The third kappa shape index (κ3) is 4.06. The van der Waals surface area contributed by atoms with E-state index in [0.717, 1.165) is 5.56 Å². The van der Waals surface area contributed by atoms with Crippen LogP contribution in [0.3, 0.4) is 0 Å². The maximum atomic E-state index is 11.7. The molecule has 18 heavy (non-hydrogen) atoms. The zero-order chi connectivity index (χ0) is 13.5. The standard InChI is InChI=1S/C12H17N3O3/c1-8(14-12(13)18)11(17)15-10(7-16)9-5-3-2-4-6-9/h2-6,8,10,16H,7H2,1H3,(H,15,17)(H3,13,14,18)/t8?,10-/m1/s1. The molecule has 0 aromatic heterocycles. The summed E-state index contributed by atoms with van der Waals surface area (Å²) in [4.78, 5) is 22.3. The number of benzene rings is 1. The van der Waals surface area contributed by atoms with Crippen molar-refractivity contribution in [2.24, 2.45) is 5.73 Å². The smallest absolute Gasteiger partial charge is 0.312 e. The van der Waals surface area contributed by atoms with Crippen LogP contribution in [-0.4, -0.2) is 29.7 Å². The molecule has 0 heterocycles. The maximum absolute atomic E-state index is 11.7. The molecule has 3 amide bonds. The van der Waals surface area contributed by atoms with E-state index in [1.807, 2.05) is 18.2 Å². The fourth-order valence-electron chi connectivity index (χ4n) is 1.50. The Balaban J connectivity index is 2.64. The monoisotopic (exact) mass is 251 g/mol. The molecular formula is C12H17N3O3. The largest absolute Gasteiger partial charge is 0.394 e. The van der Waals surface area contributed by atoms with E-state index in [1.165, 1.54) is 6.92 Å². The average molecular weight is 251 g/mol. The predicted molar refractivity (Wildman–Crippen MR) is 66.6 cm³/mol. The Morgan fingerprint density at radius 3 is 2.39 bits per heavy atom. The number of rotatable bonds is 5. The molecule has 0 radical (unpaired) electrons. The lowest BCUT2D eigenvalue weighted by Gasteiger charge is -2.19. The van der Waals surface area contributed by atoms with Crippen molar-refractivity contribution in [2.75, 3.05) is 6.61 Å². The van der Waals surface area contributed by atoms with E-state index in [-0.39, 0.29) is 6.61 Å². The molecule has 0 spiro atoms. The van der Waals surface area contributed by atoms with Gasteiger partial charge in [-0.1, -0.05) is 30.3 Å². The molecular weight excluding hydrogens is 234 g/mol. The third-order valence-electron chi connectivity index (χ3n) is 2.45. The van der Waals surface area contributed by atoms with Crippen molar-refractivity contribution in [3.8, 4) is 0 Å². The summed E-state index contributed by atoms with van der Waals surface area (Å²) in [6, 6.07) is 7.05. The second-order valence-corrected chi connectivity index (χ2v) is 3.88. The van der Waals surface area contributed by atoms with Crippen LogP contribution in [-0.2, 0) is 4.79 Å². The highest BCUT2D eigenvalue weighted by Gasteiger charge is 2.18. The molecule has 0 aliphatic carbocycles. The minimum Gasteiger partial charge on any atom is -0.394 e. The second-order valence-electron chi connectivity index (χ2n) is 3.88. The second kappa shape index (κ2) is 6.61. The SMILES string of the molecule is CC(NC(N)=O)C(=O)N[C@H](CO)c1ccccc1. The van der Waals surface area contributed by atoms with Gasteiger partial charge in [-0.15, -0.1) is 0 Å². The molecule has 2 atom stereocenters. The van der Waals surface area contributed by atoms with Crippen LogP contribution in [0.4, 0.5) is 4.79 Å². The number of amides is 3. The molecule has 5 N–H and O–H groups in total. The van der Waals surface area contributed by atoms with Gasteiger partial charge in [0.2, 0.25) is 5.91 Å². The molecule has 1 aromatic carbocycles. The van der Waals surface area contributed by atoms with Gasteiger partial charge in [-0.3, -0.25) is 4.79 Å². The van der Waals surface area contributed by atoms with Gasteiger partial charge in [-0.05, 0) is 12.5 Å². The Bertz CT molecular complexity index is 408. The van der Waals surface area contributed by atoms with Gasteiger partial charge in [-0.25, -0.2) is 4.79 Å². The van der Waals surface area contributed by atoms with E-state index in [4.69, 9.17) is 5.73 Å². The normalized spacial score (nSPS) is 13.4. The van der Waals surface area contributed by atoms with Crippen LogP contribution in [0.25, 0.3) is 0 Å². The van der Waals surface area contributed by atoms with E-state index in [1.54, 1.807) is 12.1 Å².